The van der Waals surface area contributed by atoms with E-state index < -0.39 is 30.1 Å². The Morgan fingerprint density at radius 3 is 1.76 bits per heavy atom. The molecule has 0 aliphatic heterocycles. The number of carbonyl (C=O) groups excluding carboxylic acids is 3. The summed E-state index contributed by atoms with van der Waals surface area (Å²) in [5, 5.41) is 0. The zero-order valence-corrected chi connectivity index (χ0v) is 24.1. The van der Waals surface area contributed by atoms with Crippen molar-refractivity contribution in [3.8, 4) is 28.0 Å². The molecule has 6 heteroatoms. The van der Waals surface area contributed by atoms with E-state index in [1.54, 1.807) is 32.9 Å². The zero-order valence-electron chi connectivity index (χ0n) is 24.1. The second-order valence-corrected chi connectivity index (χ2v) is 10.6. The first kappa shape index (κ1) is 29.3. The number of esters is 3. The van der Waals surface area contributed by atoms with Crippen LogP contribution < -0.4 is 4.74 Å². The predicted molar refractivity (Wildman–Crippen MR) is 159 cm³/mol. The van der Waals surface area contributed by atoms with Crippen LogP contribution in [0.1, 0.15) is 49.1 Å². The van der Waals surface area contributed by atoms with Gasteiger partial charge in [0.25, 0.3) is 0 Å². The smallest absolute Gasteiger partial charge is 0.338 e. The summed E-state index contributed by atoms with van der Waals surface area (Å²) in [6.07, 6.45) is -0.983. The van der Waals surface area contributed by atoms with E-state index in [4.69, 9.17) is 14.2 Å². The van der Waals surface area contributed by atoms with Gasteiger partial charge in [-0.1, -0.05) is 56.1 Å². The minimum atomic E-state index is -0.754. The lowest BCUT2D eigenvalue weighted by molar-refractivity contribution is -0.161. The lowest BCUT2D eigenvalue weighted by Gasteiger charge is -2.22. The number of carbonyl (C=O) groups is 3. The third kappa shape index (κ3) is 6.38. The van der Waals surface area contributed by atoms with Gasteiger partial charge in [0.05, 0.1) is 0 Å². The first-order valence-electron chi connectivity index (χ1n) is 13.3. The highest BCUT2D eigenvalue weighted by atomic mass is 16.6. The van der Waals surface area contributed by atoms with Crippen LogP contribution in [-0.2, 0) is 30.3 Å². The van der Waals surface area contributed by atoms with Crippen molar-refractivity contribution in [2.75, 3.05) is 0 Å². The maximum atomic E-state index is 12.5. The second kappa shape index (κ2) is 11.8. The molecule has 0 aromatic heterocycles. The molecule has 0 heterocycles. The molecule has 0 bridgehead atoms. The van der Waals surface area contributed by atoms with Crippen LogP contribution in [0.15, 0.2) is 91.1 Å². The lowest BCUT2D eigenvalue weighted by atomic mass is 9.91. The summed E-state index contributed by atoms with van der Waals surface area (Å²) in [5.74, 6) is -1.06. The predicted octanol–water partition coefficient (Wildman–Crippen LogP) is 7.32. The number of ether oxygens (including phenoxy) is 3. The molecule has 0 radical (unpaired) electrons. The van der Waals surface area contributed by atoms with Gasteiger partial charge >= 0.3 is 17.9 Å². The van der Waals surface area contributed by atoms with Gasteiger partial charge in [-0.3, -0.25) is 0 Å². The Labute approximate surface area is 241 Å². The van der Waals surface area contributed by atoms with Crippen molar-refractivity contribution in [1.29, 1.82) is 0 Å². The summed E-state index contributed by atoms with van der Waals surface area (Å²) in [4.78, 5) is 36.6. The first-order valence-corrected chi connectivity index (χ1v) is 13.3. The Morgan fingerprint density at radius 2 is 1.20 bits per heavy atom. The zero-order chi connectivity index (χ0) is 30.0. The van der Waals surface area contributed by atoms with Crippen LogP contribution in [0.5, 0.6) is 5.75 Å². The van der Waals surface area contributed by atoms with E-state index in [1.807, 2.05) is 44.2 Å². The van der Waals surface area contributed by atoms with Crippen LogP contribution in [0.2, 0.25) is 0 Å². The maximum absolute atomic E-state index is 12.5. The average Bonchev–Trinajstić information content (AvgIpc) is 3.25. The standard InChI is InChI=1S/C35H34O6/c1-19(2)33(36)39-27-13-11-24(12-14-27)28-15-23(8)29(16-22(28)7)25-9-10-26-18-31(40-34(37)20(3)4)32(30(26)17-25)41-35(38)21(5)6/h9-17,31-32H,1,3,5,18H2,2,4,6-8H3. The minimum Gasteiger partial charge on any atom is -0.454 e. The van der Waals surface area contributed by atoms with Gasteiger partial charge in [0.1, 0.15) is 11.9 Å². The number of benzene rings is 3. The molecule has 4 rings (SSSR count). The largest absolute Gasteiger partial charge is 0.454 e. The van der Waals surface area contributed by atoms with Crippen molar-refractivity contribution in [3.63, 3.8) is 0 Å². The van der Waals surface area contributed by atoms with Gasteiger partial charge in [-0.25, -0.2) is 14.4 Å². The van der Waals surface area contributed by atoms with Crippen LogP contribution >= 0.6 is 0 Å². The summed E-state index contributed by atoms with van der Waals surface area (Å²) < 4.78 is 16.8. The van der Waals surface area contributed by atoms with E-state index in [-0.39, 0.29) is 11.1 Å². The fourth-order valence-corrected chi connectivity index (χ4v) is 4.77. The molecule has 41 heavy (non-hydrogen) atoms. The number of rotatable bonds is 8. The fraction of sp³-hybridized carbons (Fsp3) is 0.229. The van der Waals surface area contributed by atoms with Crippen LogP contribution in [0.3, 0.4) is 0 Å². The van der Waals surface area contributed by atoms with Gasteiger partial charge < -0.3 is 14.2 Å². The molecule has 6 nitrogen and oxygen atoms in total. The Bertz CT molecular complexity index is 1590. The highest BCUT2D eigenvalue weighted by Crippen LogP contribution is 2.41. The third-order valence-corrected chi connectivity index (χ3v) is 7.01. The lowest BCUT2D eigenvalue weighted by Crippen LogP contribution is -2.26. The van der Waals surface area contributed by atoms with E-state index in [0.29, 0.717) is 17.7 Å². The molecule has 2 unspecified atom stereocenters. The monoisotopic (exact) mass is 550 g/mol. The second-order valence-electron chi connectivity index (χ2n) is 10.6. The van der Waals surface area contributed by atoms with E-state index in [0.717, 1.165) is 44.5 Å². The van der Waals surface area contributed by atoms with Crippen molar-refractivity contribution in [3.05, 3.63) is 113 Å². The molecular formula is C35H34O6. The Balaban J connectivity index is 1.66. The summed E-state index contributed by atoms with van der Waals surface area (Å²) in [6.45, 7) is 19.8. The number of fused-ring (bicyclic) bond motifs is 1. The Morgan fingerprint density at radius 1 is 0.683 bits per heavy atom. The van der Waals surface area contributed by atoms with Crippen LogP contribution in [0, 0.1) is 13.8 Å². The van der Waals surface area contributed by atoms with Gasteiger partial charge in [0.2, 0.25) is 0 Å². The molecule has 1 aliphatic carbocycles. The van der Waals surface area contributed by atoms with Gasteiger partial charge in [0, 0.05) is 28.7 Å². The molecule has 1 aliphatic rings. The normalized spacial score (nSPS) is 15.4. The SMILES string of the molecule is C=C(C)C(=O)Oc1ccc(-c2cc(C)c(-c3ccc4c(c3)C(OC(=O)C(=C)C)C(OC(=O)C(=C)C)C4)cc2C)cc1. The number of hydrogen-bond donors (Lipinski definition) is 0. The van der Waals surface area contributed by atoms with E-state index in [1.165, 1.54) is 0 Å². The first-order chi connectivity index (χ1) is 19.3. The van der Waals surface area contributed by atoms with Crippen molar-refractivity contribution in [2.45, 2.75) is 53.2 Å². The topological polar surface area (TPSA) is 78.9 Å². The van der Waals surface area contributed by atoms with Crippen LogP contribution in [-0.4, -0.2) is 24.0 Å². The van der Waals surface area contributed by atoms with Gasteiger partial charge in [-0.15, -0.1) is 0 Å². The summed E-state index contributed by atoms with van der Waals surface area (Å²) in [7, 11) is 0. The quantitative estimate of drug-likeness (QED) is 0.166. The fourth-order valence-electron chi connectivity index (χ4n) is 4.77. The highest BCUT2D eigenvalue weighted by Gasteiger charge is 2.38. The summed E-state index contributed by atoms with van der Waals surface area (Å²) >= 11 is 0. The molecule has 0 N–H and O–H groups in total. The molecule has 0 spiro atoms. The van der Waals surface area contributed by atoms with E-state index in [9.17, 15) is 14.4 Å². The molecule has 0 amide bonds. The third-order valence-electron chi connectivity index (χ3n) is 7.01. The highest BCUT2D eigenvalue weighted by molar-refractivity contribution is 5.89. The maximum Gasteiger partial charge on any atom is 0.338 e. The molecule has 0 saturated carbocycles. The Hall–Kier alpha value is -4.71. The number of aryl methyl sites for hydroxylation is 2. The van der Waals surface area contributed by atoms with Crippen molar-refractivity contribution >= 4 is 17.9 Å². The summed E-state index contributed by atoms with van der Waals surface area (Å²) in [5.41, 5.74) is 8.81. The van der Waals surface area contributed by atoms with E-state index in [2.05, 4.69) is 31.9 Å². The van der Waals surface area contributed by atoms with Crippen LogP contribution in [0.25, 0.3) is 22.3 Å². The summed E-state index contributed by atoms with van der Waals surface area (Å²) in [6, 6.07) is 17.7. The molecule has 210 valence electrons. The van der Waals surface area contributed by atoms with Gasteiger partial charge in [-0.2, -0.15) is 0 Å². The molecule has 2 atom stereocenters. The molecule has 0 saturated heterocycles. The molecule has 3 aromatic rings. The molecule has 3 aromatic carbocycles. The van der Waals surface area contributed by atoms with E-state index >= 15 is 0 Å². The number of hydrogen-bond acceptors (Lipinski definition) is 6. The van der Waals surface area contributed by atoms with Crippen molar-refractivity contribution in [1.82, 2.24) is 0 Å². The van der Waals surface area contributed by atoms with Crippen LogP contribution in [0.4, 0.5) is 0 Å². The Kier molecular flexibility index (Phi) is 8.43. The average molecular weight is 551 g/mol. The van der Waals surface area contributed by atoms with Gasteiger partial charge in [-0.05, 0) is 91.8 Å². The molecular weight excluding hydrogens is 516 g/mol. The van der Waals surface area contributed by atoms with Crippen molar-refractivity contribution in [2.24, 2.45) is 0 Å². The van der Waals surface area contributed by atoms with Crippen molar-refractivity contribution < 1.29 is 28.6 Å². The molecule has 0 fully saturated rings. The van der Waals surface area contributed by atoms with Gasteiger partial charge in [0.15, 0.2) is 6.10 Å². The minimum absolute atomic E-state index is 0.267.